The molecule has 10 aliphatic rings. The highest BCUT2D eigenvalue weighted by molar-refractivity contribution is 6.31. The summed E-state index contributed by atoms with van der Waals surface area (Å²) in [5.74, 6) is 1.93. The molecule has 0 amide bonds. The number of carbonyl (C=O) groups is 1. The number of hydrogen-bond acceptors (Lipinski definition) is 6. The van der Waals surface area contributed by atoms with Crippen LogP contribution in [0.4, 0.5) is 4.39 Å². The molecule has 8 heteroatoms. The van der Waals surface area contributed by atoms with Crippen LogP contribution >= 0.6 is 11.6 Å². The van der Waals surface area contributed by atoms with Gasteiger partial charge in [0.15, 0.2) is 5.78 Å². The summed E-state index contributed by atoms with van der Waals surface area (Å²) in [7, 11) is 0. The van der Waals surface area contributed by atoms with Crippen LogP contribution in [0.25, 0.3) is 0 Å². The topological polar surface area (TPSA) is 101 Å². The molecule has 1 aromatic carbocycles. The van der Waals surface area contributed by atoms with Gasteiger partial charge in [0.05, 0.1) is 24.4 Å². The number of Topliss-reactive ketones (excluding diaryl/α,β-unsaturated/α-hetero) is 1. The molecular weight excluding hydrogens is 677 g/mol. The van der Waals surface area contributed by atoms with Crippen molar-refractivity contribution >= 4 is 17.4 Å². The number of ketones is 1. The third-order valence-corrected chi connectivity index (χ3v) is 17.7. The molecule has 284 valence electrons. The van der Waals surface area contributed by atoms with Crippen LogP contribution in [0.1, 0.15) is 103 Å². The molecule has 7 fully saturated rings. The van der Waals surface area contributed by atoms with Crippen molar-refractivity contribution in [3.05, 3.63) is 58.4 Å². The Hall–Kier alpha value is -1.61. The second-order valence-electron chi connectivity index (χ2n) is 20.0. The Morgan fingerprint density at radius 1 is 0.942 bits per heavy atom. The van der Waals surface area contributed by atoms with E-state index in [1.807, 2.05) is 0 Å². The van der Waals surface area contributed by atoms with Crippen LogP contribution in [0.5, 0.6) is 0 Å². The zero-order chi connectivity index (χ0) is 36.5. The fourth-order valence-electron chi connectivity index (χ4n) is 15.5. The average molecular weight is 736 g/mol. The first kappa shape index (κ1) is 36.1. The van der Waals surface area contributed by atoms with Crippen LogP contribution in [0, 0.1) is 62.5 Å². The van der Waals surface area contributed by atoms with Crippen molar-refractivity contribution in [3.8, 4) is 0 Å². The maximum atomic E-state index is 15.2. The van der Waals surface area contributed by atoms with Gasteiger partial charge in [-0.15, -0.1) is 0 Å². The first-order valence-electron chi connectivity index (χ1n) is 20.5. The zero-order valence-electron chi connectivity index (χ0n) is 31.1. The van der Waals surface area contributed by atoms with Gasteiger partial charge in [-0.2, -0.15) is 0 Å². The summed E-state index contributed by atoms with van der Waals surface area (Å²) in [5, 5.41) is 45.3. The maximum Gasteiger partial charge on any atom is 0.164 e. The molecule has 10 aliphatic carbocycles. The first-order valence-corrected chi connectivity index (χ1v) is 20.9. The number of rotatable bonds is 10. The normalized spacial score (nSPS) is 47.3. The lowest BCUT2D eigenvalue weighted by molar-refractivity contribution is -0.182. The van der Waals surface area contributed by atoms with Crippen molar-refractivity contribution in [1.82, 2.24) is 4.90 Å². The fraction of sp³-hybridized carbons (Fsp3) is 0.750. The lowest BCUT2D eigenvalue weighted by atomic mass is 9.32. The molecule has 0 heterocycles. The fourth-order valence-corrected chi connectivity index (χ4v) is 15.7. The summed E-state index contributed by atoms with van der Waals surface area (Å²) in [6.45, 7) is 5.96. The quantitative estimate of drug-likeness (QED) is 0.192. The number of aliphatic hydroxyl groups excluding tert-OH is 3. The summed E-state index contributed by atoms with van der Waals surface area (Å²) in [6, 6.07) is 4.57. The van der Waals surface area contributed by atoms with Gasteiger partial charge in [0.1, 0.15) is 5.82 Å². The van der Waals surface area contributed by atoms with E-state index in [1.165, 1.54) is 44.6 Å². The number of allylic oxidation sites excluding steroid dienone is 4. The average Bonchev–Trinajstić information content (AvgIpc) is 3.35. The van der Waals surface area contributed by atoms with Gasteiger partial charge < -0.3 is 20.4 Å². The Kier molecular flexibility index (Phi) is 8.45. The lowest BCUT2D eigenvalue weighted by Gasteiger charge is -2.71. The van der Waals surface area contributed by atoms with E-state index in [9.17, 15) is 25.2 Å². The molecular formula is C44H59ClFNO5. The SMILES string of the molecule is C[C@]12CC[C@H]3[C@]4(C=C[C@@]5(C=C4C(=O)Cc4c(F)cccc4Cl)CC(O)CC[C@]35C)[C@@H]1CC[C@@]2(O)CN(C[C@H](O)CO)CC12CC3CC(CC(C3)C1)C2. The van der Waals surface area contributed by atoms with Gasteiger partial charge in [0, 0.05) is 58.5 Å². The third-order valence-electron chi connectivity index (χ3n) is 17.3. The minimum Gasteiger partial charge on any atom is -0.394 e. The molecule has 1 aromatic rings. The van der Waals surface area contributed by atoms with Gasteiger partial charge in [-0.3, -0.25) is 9.69 Å². The Morgan fingerprint density at radius 2 is 1.60 bits per heavy atom. The molecule has 0 aliphatic heterocycles. The highest BCUT2D eigenvalue weighted by atomic mass is 35.5. The summed E-state index contributed by atoms with van der Waals surface area (Å²) in [4.78, 5) is 17.1. The van der Waals surface area contributed by atoms with E-state index >= 15 is 4.39 Å². The molecule has 1 unspecified atom stereocenters. The zero-order valence-corrected chi connectivity index (χ0v) is 31.9. The van der Waals surface area contributed by atoms with Gasteiger partial charge in [0.2, 0.25) is 0 Å². The molecule has 52 heavy (non-hydrogen) atoms. The van der Waals surface area contributed by atoms with Crippen molar-refractivity contribution in [2.45, 2.75) is 122 Å². The van der Waals surface area contributed by atoms with E-state index < -0.39 is 39.9 Å². The number of benzene rings is 1. The van der Waals surface area contributed by atoms with Crippen molar-refractivity contribution in [1.29, 1.82) is 0 Å². The molecule has 2 spiro atoms. The van der Waals surface area contributed by atoms with Gasteiger partial charge >= 0.3 is 0 Å². The second kappa shape index (κ2) is 12.2. The van der Waals surface area contributed by atoms with Crippen LogP contribution in [0.2, 0.25) is 5.02 Å². The summed E-state index contributed by atoms with van der Waals surface area (Å²) in [6.07, 6.45) is 18.3. The standard InChI is InChI=1S/C44H59ClFNO5/c1-39-9-6-30(49)21-42(39)12-13-44(33(22-42)36(51)17-32-34(45)4-3-5-35(32)46)37(39)7-10-40(2)38(44)8-11-43(40,52)26-47(23-31(50)24-48)25-41-18-27-14-28(19-41)16-29(15-27)20-41/h3-5,12-13,22,27-31,37-38,48-50,52H,6-11,14-21,23-26H2,1-2H3/t27?,28?,29?,30?,31-,37+,38+,39+,40-,41?,42-,43+,44+/m0/s1. The number of halogens is 2. The predicted molar refractivity (Wildman–Crippen MR) is 199 cm³/mol. The Balaban J connectivity index is 1.08. The molecule has 6 nitrogen and oxygen atoms in total. The Labute approximate surface area is 313 Å². The van der Waals surface area contributed by atoms with E-state index in [-0.39, 0.29) is 52.1 Å². The Bertz CT molecular complexity index is 1640. The lowest BCUT2D eigenvalue weighted by Crippen LogP contribution is -2.67. The monoisotopic (exact) mass is 735 g/mol. The molecule has 0 radical (unpaired) electrons. The second-order valence-corrected chi connectivity index (χ2v) is 20.4. The van der Waals surface area contributed by atoms with E-state index in [0.29, 0.717) is 25.9 Å². The van der Waals surface area contributed by atoms with Crippen LogP contribution in [-0.2, 0) is 11.2 Å². The van der Waals surface area contributed by atoms with Crippen LogP contribution in [0.15, 0.2) is 42.0 Å². The van der Waals surface area contributed by atoms with Gasteiger partial charge in [-0.05, 0) is 136 Å². The van der Waals surface area contributed by atoms with Crippen molar-refractivity contribution in [2.24, 2.45) is 56.7 Å². The molecule has 11 rings (SSSR count). The van der Waals surface area contributed by atoms with E-state index in [4.69, 9.17) is 11.6 Å². The molecule has 0 saturated heterocycles. The number of hydrogen-bond donors (Lipinski definition) is 4. The molecule has 0 aromatic heterocycles. The number of nitrogens with zero attached hydrogens (tertiary/aromatic N) is 1. The summed E-state index contributed by atoms with van der Waals surface area (Å²) < 4.78 is 15.2. The van der Waals surface area contributed by atoms with Crippen molar-refractivity contribution in [2.75, 3.05) is 26.2 Å². The van der Waals surface area contributed by atoms with Crippen molar-refractivity contribution < 1.29 is 29.6 Å². The number of aliphatic hydroxyl groups is 4. The largest absolute Gasteiger partial charge is 0.394 e. The van der Waals surface area contributed by atoms with E-state index in [2.05, 4.69) is 37.0 Å². The molecule has 4 N–H and O–H groups in total. The number of carbonyl (C=O) groups excluding carboxylic acids is 1. The number of fused-ring (bicyclic) bond motifs is 1. The Morgan fingerprint density at radius 3 is 2.27 bits per heavy atom. The van der Waals surface area contributed by atoms with Gasteiger partial charge in [0.25, 0.3) is 0 Å². The minimum absolute atomic E-state index is 0.0163. The highest BCUT2D eigenvalue weighted by Crippen LogP contribution is 2.78. The van der Waals surface area contributed by atoms with E-state index in [0.717, 1.165) is 62.0 Å². The highest BCUT2D eigenvalue weighted by Gasteiger charge is 2.74. The smallest absolute Gasteiger partial charge is 0.164 e. The third kappa shape index (κ3) is 5.07. The predicted octanol–water partition coefficient (Wildman–Crippen LogP) is 7.05. The van der Waals surface area contributed by atoms with Crippen LogP contribution < -0.4 is 0 Å². The first-order chi connectivity index (χ1) is 24.7. The van der Waals surface area contributed by atoms with E-state index in [1.54, 1.807) is 12.1 Å². The van der Waals surface area contributed by atoms with Crippen LogP contribution in [-0.4, -0.2) is 75.2 Å². The maximum absolute atomic E-state index is 15.2. The molecule has 6 bridgehead atoms. The molecule has 9 atom stereocenters. The van der Waals surface area contributed by atoms with Crippen molar-refractivity contribution in [3.63, 3.8) is 0 Å². The summed E-state index contributed by atoms with van der Waals surface area (Å²) in [5.41, 5.74) is -1.65. The summed E-state index contributed by atoms with van der Waals surface area (Å²) >= 11 is 6.50. The minimum atomic E-state index is -1.05. The van der Waals surface area contributed by atoms with Crippen LogP contribution in [0.3, 0.4) is 0 Å². The van der Waals surface area contributed by atoms with Gasteiger partial charge in [-0.1, -0.05) is 49.7 Å². The molecule has 7 saturated carbocycles. The van der Waals surface area contributed by atoms with Gasteiger partial charge in [-0.25, -0.2) is 4.39 Å².